The number of carbonyl (C=O) groups is 1. The third kappa shape index (κ3) is 1.71. The van der Waals surface area contributed by atoms with Gasteiger partial charge in [-0.15, -0.1) is 0 Å². The van der Waals surface area contributed by atoms with Gasteiger partial charge >= 0.3 is 0 Å². The van der Waals surface area contributed by atoms with Crippen molar-refractivity contribution < 1.29 is 6.17 Å². The molecule has 0 saturated heterocycles. The maximum absolute atomic E-state index is 11.9. The standard InChI is InChI=1S/C10H9N3O2/c1-7(14)12-13-6-11-9-5-3-2-4-8(9)10(13)15/h2-6H,1H3,(H,12,14)/i6D. The molecule has 5 heteroatoms. The number of carbonyl (C=O) groups excluding carboxylic acids is 1. The second-order valence-electron chi connectivity index (χ2n) is 3.04. The third-order valence-electron chi connectivity index (χ3n) is 1.88. The Kier molecular flexibility index (Phi) is 1.92. The first kappa shape index (κ1) is 8.16. The monoisotopic (exact) mass is 204 g/mol. The van der Waals surface area contributed by atoms with E-state index in [2.05, 4.69) is 10.4 Å². The number of rotatable bonds is 1. The van der Waals surface area contributed by atoms with Crippen LogP contribution in [-0.4, -0.2) is 15.6 Å². The zero-order valence-electron chi connectivity index (χ0n) is 9.02. The van der Waals surface area contributed by atoms with Crippen LogP contribution < -0.4 is 11.0 Å². The molecule has 0 unspecified atom stereocenters. The normalized spacial score (nSPS) is 11.1. The first-order chi connectivity index (χ1) is 7.59. The second-order valence-corrected chi connectivity index (χ2v) is 3.04. The lowest BCUT2D eigenvalue weighted by Crippen LogP contribution is -2.31. The summed E-state index contributed by atoms with van der Waals surface area (Å²) in [5.41, 5.74) is 2.24. The van der Waals surface area contributed by atoms with Crippen molar-refractivity contribution in [2.45, 2.75) is 6.92 Å². The second kappa shape index (κ2) is 3.53. The van der Waals surface area contributed by atoms with E-state index in [1.807, 2.05) is 0 Å². The molecular formula is C10H9N3O2. The van der Waals surface area contributed by atoms with Crippen LogP contribution in [0.25, 0.3) is 10.9 Å². The van der Waals surface area contributed by atoms with Gasteiger partial charge in [0.25, 0.3) is 5.56 Å². The predicted molar refractivity (Wildman–Crippen MR) is 56.0 cm³/mol. The van der Waals surface area contributed by atoms with E-state index < -0.39 is 11.5 Å². The molecule has 0 saturated carbocycles. The lowest BCUT2D eigenvalue weighted by molar-refractivity contribution is -0.115. The van der Waals surface area contributed by atoms with Crippen LogP contribution in [0.3, 0.4) is 0 Å². The summed E-state index contributed by atoms with van der Waals surface area (Å²) >= 11 is 0. The summed E-state index contributed by atoms with van der Waals surface area (Å²) in [6, 6.07) is 6.68. The van der Waals surface area contributed by atoms with E-state index in [1.165, 1.54) is 6.92 Å². The number of para-hydroxylation sites is 1. The Morgan fingerprint density at radius 2 is 2.27 bits per heavy atom. The van der Waals surface area contributed by atoms with Gasteiger partial charge in [0, 0.05) is 6.92 Å². The van der Waals surface area contributed by atoms with Crippen LogP contribution in [0.5, 0.6) is 0 Å². The molecule has 2 rings (SSSR count). The first-order valence-electron chi connectivity index (χ1n) is 4.85. The molecule has 0 radical (unpaired) electrons. The zero-order chi connectivity index (χ0) is 11.7. The van der Waals surface area contributed by atoms with Crippen LogP contribution in [0, 0.1) is 0 Å². The fraction of sp³-hybridized carbons (Fsp3) is 0.100. The minimum atomic E-state index is -0.453. The Balaban J connectivity index is 2.76. The Hall–Kier alpha value is -2.17. The van der Waals surface area contributed by atoms with Crippen molar-refractivity contribution in [3.8, 4) is 0 Å². The van der Waals surface area contributed by atoms with Crippen molar-refractivity contribution in [3.63, 3.8) is 0 Å². The Bertz CT molecular complexity index is 621. The van der Waals surface area contributed by atoms with E-state index in [0.29, 0.717) is 10.9 Å². The van der Waals surface area contributed by atoms with E-state index in [9.17, 15) is 9.59 Å². The number of nitrogens with one attached hydrogen (secondary N) is 1. The van der Waals surface area contributed by atoms with E-state index in [4.69, 9.17) is 1.37 Å². The molecule has 1 aromatic carbocycles. The minimum absolute atomic E-state index is 0.293. The summed E-state index contributed by atoms with van der Waals surface area (Å²) < 4.78 is 8.35. The first-order valence-corrected chi connectivity index (χ1v) is 4.35. The summed E-state index contributed by atoms with van der Waals surface area (Å²) in [5.74, 6) is -0.423. The summed E-state index contributed by atoms with van der Waals surface area (Å²) in [6.07, 6.45) is -0.293. The van der Waals surface area contributed by atoms with E-state index in [-0.39, 0.29) is 6.30 Å². The van der Waals surface area contributed by atoms with Crippen LogP contribution in [0.2, 0.25) is 0 Å². The average molecular weight is 204 g/mol. The molecule has 1 heterocycles. The fourth-order valence-corrected chi connectivity index (χ4v) is 1.25. The van der Waals surface area contributed by atoms with Gasteiger partial charge in [-0.3, -0.25) is 15.0 Å². The lowest BCUT2D eigenvalue weighted by atomic mass is 10.2. The van der Waals surface area contributed by atoms with Gasteiger partial charge in [-0.05, 0) is 12.1 Å². The highest BCUT2D eigenvalue weighted by atomic mass is 16.2. The molecular weight excluding hydrogens is 194 g/mol. The topological polar surface area (TPSA) is 64.0 Å². The van der Waals surface area contributed by atoms with Gasteiger partial charge in [-0.2, -0.15) is 0 Å². The maximum atomic E-state index is 11.9. The summed E-state index contributed by atoms with van der Waals surface area (Å²) in [5, 5.41) is 0.368. The molecule has 0 aliphatic carbocycles. The van der Waals surface area contributed by atoms with Gasteiger partial charge in [-0.25, -0.2) is 9.66 Å². The Morgan fingerprint density at radius 3 is 3.00 bits per heavy atom. The summed E-state index contributed by atoms with van der Waals surface area (Å²) in [4.78, 5) is 26.6. The number of nitrogens with zero attached hydrogens (tertiary/aromatic N) is 2. The van der Waals surface area contributed by atoms with Crippen LogP contribution in [0.1, 0.15) is 8.29 Å². The zero-order valence-corrected chi connectivity index (χ0v) is 8.02. The van der Waals surface area contributed by atoms with Crippen LogP contribution >= 0.6 is 0 Å². The summed E-state index contributed by atoms with van der Waals surface area (Å²) in [7, 11) is 0. The molecule has 0 aliphatic heterocycles. The smallest absolute Gasteiger partial charge is 0.274 e. The van der Waals surface area contributed by atoms with Crippen LogP contribution in [0.15, 0.2) is 35.4 Å². The highest BCUT2D eigenvalue weighted by Crippen LogP contribution is 2.03. The van der Waals surface area contributed by atoms with Gasteiger partial charge < -0.3 is 0 Å². The SMILES string of the molecule is [2H]c1nc2ccccc2c(=O)n1NC(C)=O. The molecule has 2 aromatic rings. The average Bonchev–Trinajstić information content (AvgIpc) is 2.24. The van der Waals surface area contributed by atoms with Crippen molar-refractivity contribution in [3.05, 3.63) is 40.9 Å². The lowest BCUT2D eigenvalue weighted by Gasteiger charge is -2.05. The van der Waals surface area contributed by atoms with Gasteiger partial charge in [-0.1, -0.05) is 12.1 Å². The van der Waals surface area contributed by atoms with Gasteiger partial charge in [0.05, 0.1) is 10.9 Å². The third-order valence-corrected chi connectivity index (χ3v) is 1.88. The van der Waals surface area contributed by atoms with Gasteiger partial charge in [0.1, 0.15) is 7.67 Å². The molecule has 0 bridgehead atoms. The molecule has 76 valence electrons. The van der Waals surface area contributed by atoms with Crippen molar-refractivity contribution >= 4 is 16.8 Å². The predicted octanol–water partition coefficient (Wildman–Crippen LogP) is 0.486. The number of fused-ring (bicyclic) bond motifs is 1. The quantitative estimate of drug-likeness (QED) is 0.735. The van der Waals surface area contributed by atoms with Gasteiger partial charge in [0.2, 0.25) is 5.91 Å². The Labute approximate surface area is 86.7 Å². The minimum Gasteiger partial charge on any atom is -0.274 e. The number of benzene rings is 1. The van der Waals surface area contributed by atoms with Crippen molar-refractivity contribution in [1.29, 1.82) is 0 Å². The fourth-order valence-electron chi connectivity index (χ4n) is 1.25. The number of hydrogen-bond donors (Lipinski definition) is 1. The molecule has 1 amide bonds. The molecule has 5 nitrogen and oxygen atoms in total. The highest BCUT2D eigenvalue weighted by molar-refractivity contribution is 5.82. The molecule has 0 aliphatic rings. The number of hydrogen-bond acceptors (Lipinski definition) is 3. The molecule has 1 aromatic heterocycles. The van der Waals surface area contributed by atoms with E-state index >= 15 is 0 Å². The van der Waals surface area contributed by atoms with Crippen molar-refractivity contribution in [2.24, 2.45) is 0 Å². The molecule has 1 N–H and O–H groups in total. The van der Waals surface area contributed by atoms with E-state index in [1.54, 1.807) is 24.3 Å². The highest BCUT2D eigenvalue weighted by Gasteiger charge is 2.03. The van der Waals surface area contributed by atoms with E-state index in [0.717, 1.165) is 4.68 Å². The number of amides is 1. The molecule has 0 spiro atoms. The van der Waals surface area contributed by atoms with Gasteiger partial charge in [0.15, 0.2) is 0 Å². The number of aromatic nitrogens is 2. The largest absolute Gasteiger partial charge is 0.280 e. The molecule has 0 atom stereocenters. The Morgan fingerprint density at radius 1 is 1.53 bits per heavy atom. The van der Waals surface area contributed by atoms with Crippen LogP contribution in [0.4, 0.5) is 0 Å². The van der Waals surface area contributed by atoms with Crippen molar-refractivity contribution in [2.75, 3.05) is 5.43 Å². The maximum Gasteiger partial charge on any atom is 0.280 e. The summed E-state index contributed by atoms with van der Waals surface area (Å²) in [6.45, 7) is 1.26. The van der Waals surface area contributed by atoms with Crippen LogP contribution in [-0.2, 0) is 4.79 Å². The van der Waals surface area contributed by atoms with Crippen molar-refractivity contribution in [1.82, 2.24) is 9.66 Å². The molecule has 0 fully saturated rings. The molecule has 15 heavy (non-hydrogen) atoms.